The van der Waals surface area contributed by atoms with Gasteiger partial charge < -0.3 is 20.2 Å². The van der Waals surface area contributed by atoms with Crippen LogP contribution in [-0.2, 0) is 4.79 Å². The first-order valence-electron chi connectivity index (χ1n) is 6.89. The summed E-state index contributed by atoms with van der Waals surface area (Å²) in [5, 5.41) is 11.7. The van der Waals surface area contributed by atoms with E-state index in [9.17, 15) is 9.59 Å². The van der Waals surface area contributed by atoms with Crippen molar-refractivity contribution in [3.05, 3.63) is 0 Å². The number of carboxylic acids is 1. The van der Waals surface area contributed by atoms with Crippen LogP contribution in [0.5, 0.6) is 0 Å². The molecule has 1 rings (SSSR count). The predicted molar refractivity (Wildman–Crippen MR) is 81.2 cm³/mol. The second-order valence-electron chi connectivity index (χ2n) is 5.28. The van der Waals surface area contributed by atoms with Gasteiger partial charge in [0.25, 0.3) is 0 Å². The Morgan fingerprint density at radius 1 is 1.55 bits per heavy atom. The van der Waals surface area contributed by atoms with Crippen LogP contribution in [0, 0.1) is 0 Å². The van der Waals surface area contributed by atoms with E-state index in [0.29, 0.717) is 24.8 Å². The molecule has 0 saturated carbocycles. The van der Waals surface area contributed by atoms with Crippen LogP contribution in [-0.4, -0.2) is 78.2 Å². The van der Waals surface area contributed by atoms with Gasteiger partial charge in [-0.2, -0.15) is 11.8 Å². The van der Waals surface area contributed by atoms with Crippen LogP contribution in [0.1, 0.15) is 19.3 Å². The van der Waals surface area contributed by atoms with Gasteiger partial charge in [-0.3, -0.25) is 0 Å². The Balaban J connectivity index is 2.44. The highest BCUT2D eigenvalue weighted by molar-refractivity contribution is 7.98. The van der Waals surface area contributed by atoms with Crippen molar-refractivity contribution >= 4 is 23.8 Å². The summed E-state index contributed by atoms with van der Waals surface area (Å²) >= 11 is 1.57. The molecular formula is C13H25N3O3S. The highest BCUT2D eigenvalue weighted by Crippen LogP contribution is 2.15. The lowest BCUT2D eigenvalue weighted by molar-refractivity contribution is -0.139. The molecule has 116 valence electrons. The van der Waals surface area contributed by atoms with E-state index in [1.54, 1.807) is 23.7 Å². The second-order valence-corrected chi connectivity index (χ2v) is 6.26. The fraction of sp³-hybridized carbons (Fsp3) is 0.846. The molecule has 0 spiro atoms. The smallest absolute Gasteiger partial charge is 0.326 e. The van der Waals surface area contributed by atoms with E-state index >= 15 is 0 Å². The third kappa shape index (κ3) is 5.20. The monoisotopic (exact) mass is 303 g/mol. The number of hydrogen-bond donors (Lipinski definition) is 2. The molecule has 1 heterocycles. The van der Waals surface area contributed by atoms with Gasteiger partial charge in [0.1, 0.15) is 6.04 Å². The van der Waals surface area contributed by atoms with E-state index in [0.717, 1.165) is 19.4 Å². The number of amides is 2. The number of nitrogens with one attached hydrogen (secondary N) is 1. The van der Waals surface area contributed by atoms with E-state index in [2.05, 4.69) is 17.3 Å². The number of carbonyl (C=O) groups is 2. The van der Waals surface area contributed by atoms with Crippen molar-refractivity contribution in [2.45, 2.75) is 31.3 Å². The maximum Gasteiger partial charge on any atom is 0.326 e. The number of hydrogen-bond acceptors (Lipinski definition) is 4. The summed E-state index contributed by atoms with van der Waals surface area (Å²) in [6, 6.07) is -0.738. The summed E-state index contributed by atoms with van der Waals surface area (Å²) < 4.78 is 0. The molecule has 1 unspecified atom stereocenters. The molecule has 0 aromatic carbocycles. The summed E-state index contributed by atoms with van der Waals surface area (Å²) in [7, 11) is 3.77. The van der Waals surface area contributed by atoms with Crippen LogP contribution >= 0.6 is 11.8 Å². The second kappa shape index (κ2) is 8.36. The van der Waals surface area contributed by atoms with Crippen LogP contribution in [0.15, 0.2) is 0 Å². The van der Waals surface area contributed by atoms with Crippen LogP contribution in [0.4, 0.5) is 4.79 Å². The summed E-state index contributed by atoms with van der Waals surface area (Å²) in [5.74, 6) is -0.259. The zero-order valence-corrected chi connectivity index (χ0v) is 13.3. The number of likely N-dealkylation sites (tertiary alicyclic amines) is 1. The van der Waals surface area contributed by atoms with Crippen molar-refractivity contribution in [3.8, 4) is 0 Å². The van der Waals surface area contributed by atoms with Crippen LogP contribution in [0.25, 0.3) is 0 Å². The molecule has 2 atom stereocenters. The predicted octanol–water partition coefficient (Wildman–Crippen LogP) is 0.928. The molecule has 2 N–H and O–H groups in total. The third-order valence-corrected chi connectivity index (χ3v) is 4.35. The van der Waals surface area contributed by atoms with E-state index in [1.165, 1.54) is 0 Å². The Hall–Kier alpha value is -0.950. The van der Waals surface area contributed by atoms with Crippen molar-refractivity contribution < 1.29 is 14.7 Å². The number of urea groups is 1. The highest BCUT2D eigenvalue weighted by atomic mass is 32.2. The van der Waals surface area contributed by atoms with Crippen molar-refractivity contribution in [1.29, 1.82) is 0 Å². The molecule has 6 nitrogen and oxygen atoms in total. The molecule has 0 aliphatic carbocycles. The molecule has 0 bridgehead atoms. The fourth-order valence-corrected chi connectivity index (χ4v) is 2.83. The first kappa shape index (κ1) is 17.1. The lowest BCUT2D eigenvalue weighted by atomic mass is 10.2. The largest absolute Gasteiger partial charge is 0.480 e. The van der Waals surface area contributed by atoms with Gasteiger partial charge in [-0.25, -0.2) is 9.59 Å². The average molecular weight is 303 g/mol. The number of thioether (sulfide) groups is 1. The molecule has 1 aliphatic rings. The highest BCUT2D eigenvalue weighted by Gasteiger charge is 2.26. The summed E-state index contributed by atoms with van der Waals surface area (Å²) in [6.45, 7) is 1.70. The van der Waals surface area contributed by atoms with E-state index in [1.807, 2.05) is 6.26 Å². The molecule has 0 aromatic rings. The SMILES string of the molecule is CSCC[C@H](NC(=O)N(C)CC1CCCN1C)C(=O)O. The Morgan fingerprint density at radius 3 is 2.75 bits per heavy atom. The third-order valence-electron chi connectivity index (χ3n) is 3.71. The van der Waals surface area contributed by atoms with Crippen LogP contribution in [0.3, 0.4) is 0 Å². The van der Waals surface area contributed by atoms with Crippen LogP contribution in [0.2, 0.25) is 0 Å². The standard InChI is InChI=1S/C13H25N3O3S/c1-15-7-4-5-10(15)9-16(2)13(19)14-11(12(17)18)6-8-20-3/h10-11H,4-9H2,1-3H3,(H,14,19)(H,17,18)/t10?,11-/m0/s1. The van der Waals surface area contributed by atoms with Gasteiger partial charge in [0, 0.05) is 19.6 Å². The lowest BCUT2D eigenvalue weighted by Crippen LogP contribution is -2.49. The van der Waals surface area contributed by atoms with E-state index < -0.39 is 12.0 Å². The molecular weight excluding hydrogens is 278 g/mol. The van der Waals surface area contributed by atoms with Gasteiger partial charge in [-0.1, -0.05) is 0 Å². The van der Waals surface area contributed by atoms with E-state index in [-0.39, 0.29) is 6.03 Å². The maximum absolute atomic E-state index is 12.0. The van der Waals surface area contributed by atoms with Crippen LogP contribution < -0.4 is 5.32 Å². The minimum Gasteiger partial charge on any atom is -0.480 e. The number of nitrogens with zero attached hydrogens (tertiary/aromatic N) is 2. The average Bonchev–Trinajstić information content (AvgIpc) is 2.79. The van der Waals surface area contributed by atoms with Gasteiger partial charge in [-0.05, 0) is 44.9 Å². The van der Waals surface area contributed by atoms with E-state index in [4.69, 9.17) is 5.11 Å². The Labute approximate surface area is 124 Å². The van der Waals surface area contributed by atoms with Crippen molar-refractivity contribution in [2.75, 3.05) is 39.2 Å². The zero-order valence-electron chi connectivity index (χ0n) is 12.5. The Bertz CT molecular complexity index is 341. The van der Waals surface area contributed by atoms with Crippen molar-refractivity contribution in [2.24, 2.45) is 0 Å². The summed E-state index contributed by atoms with van der Waals surface area (Å²) in [6.07, 6.45) is 4.60. The molecule has 1 fully saturated rings. The summed E-state index contributed by atoms with van der Waals surface area (Å²) in [5.41, 5.74) is 0. The van der Waals surface area contributed by atoms with Crippen molar-refractivity contribution in [3.63, 3.8) is 0 Å². The quantitative estimate of drug-likeness (QED) is 0.732. The molecule has 7 heteroatoms. The molecule has 20 heavy (non-hydrogen) atoms. The van der Waals surface area contributed by atoms with Gasteiger partial charge in [0.2, 0.25) is 0 Å². The van der Waals surface area contributed by atoms with Gasteiger partial charge in [-0.15, -0.1) is 0 Å². The van der Waals surface area contributed by atoms with Gasteiger partial charge >= 0.3 is 12.0 Å². The number of aliphatic carboxylic acids is 1. The first-order chi connectivity index (χ1) is 9.45. The number of rotatable bonds is 7. The number of carboxylic acid groups (broad SMARTS) is 1. The Kier molecular flexibility index (Phi) is 7.15. The fourth-order valence-electron chi connectivity index (χ4n) is 2.36. The summed E-state index contributed by atoms with van der Waals surface area (Å²) in [4.78, 5) is 27.0. The minimum absolute atomic E-state index is 0.307. The molecule has 1 saturated heterocycles. The topological polar surface area (TPSA) is 72.9 Å². The zero-order chi connectivity index (χ0) is 15.1. The van der Waals surface area contributed by atoms with Gasteiger partial charge in [0.15, 0.2) is 0 Å². The molecule has 2 amide bonds. The molecule has 1 aliphatic heterocycles. The molecule has 0 aromatic heterocycles. The first-order valence-corrected chi connectivity index (χ1v) is 8.28. The maximum atomic E-state index is 12.0. The minimum atomic E-state index is -0.973. The normalized spacial score (nSPS) is 20.6. The lowest BCUT2D eigenvalue weighted by Gasteiger charge is -2.27. The van der Waals surface area contributed by atoms with Crippen molar-refractivity contribution in [1.82, 2.24) is 15.1 Å². The Morgan fingerprint density at radius 2 is 2.25 bits per heavy atom. The molecule has 0 radical (unpaired) electrons. The number of carbonyl (C=O) groups excluding carboxylic acids is 1. The number of likely N-dealkylation sites (N-methyl/N-ethyl adjacent to an activating group) is 2. The van der Waals surface area contributed by atoms with Gasteiger partial charge in [0.05, 0.1) is 0 Å².